The van der Waals surface area contributed by atoms with Gasteiger partial charge in [0.15, 0.2) is 5.69 Å². The Morgan fingerprint density at radius 1 is 1.26 bits per heavy atom. The van der Waals surface area contributed by atoms with E-state index in [1.165, 1.54) is 0 Å². The summed E-state index contributed by atoms with van der Waals surface area (Å²) in [6.07, 6.45) is 3.15. The first-order valence-electron chi connectivity index (χ1n) is 8.94. The van der Waals surface area contributed by atoms with Crippen LogP contribution in [0.1, 0.15) is 46.7 Å². The number of hydrogen-bond donors (Lipinski definition) is 1. The van der Waals surface area contributed by atoms with Gasteiger partial charge >= 0.3 is 0 Å². The van der Waals surface area contributed by atoms with Gasteiger partial charge in [-0.2, -0.15) is 4.73 Å². The summed E-state index contributed by atoms with van der Waals surface area (Å²) in [7, 11) is 0. The number of halogens is 1. The molecule has 0 aliphatic rings. The largest absolute Gasteiger partial charge is 0.618 e. The molecule has 5 nitrogen and oxygen atoms in total. The predicted molar refractivity (Wildman–Crippen MR) is 111 cm³/mol. The van der Waals surface area contributed by atoms with Crippen LogP contribution in [0.5, 0.6) is 5.75 Å². The number of pyridine rings is 1. The molecule has 0 saturated carbocycles. The number of nitrogens with one attached hydrogen (secondary N) is 1. The smallest absolute Gasteiger partial charge is 0.265 e. The molecule has 0 fully saturated rings. The first kappa shape index (κ1) is 21.0. The molecular weight excluding hydrogens is 408 g/mol. The third-order valence-corrected chi connectivity index (χ3v) is 4.88. The van der Waals surface area contributed by atoms with Crippen LogP contribution in [-0.2, 0) is 12.8 Å². The Hall–Kier alpha value is -2.34. The van der Waals surface area contributed by atoms with Crippen LogP contribution in [-0.4, -0.2) is 12.5 Å². The van der Waals surface area contributed by atoms with Crippen molar-refractivity contribution in [2.45, 2.75) is 40.5 Å². The molecule has 0 aliphatic heterocycles. The molecular formula is C21H25BrN2O3. The highest BCUT2D eigenvalue weighted by Gasteiger charge is 2.25. The normalized spacial score (nSPS) is 10.6. The molecule has 0 aliphatic carbocycles. The quantitative estimate of drug-likeness (QED) is 0.393. The van der Waals surface area contributed by atoms with Crippen LogP contribution in [0.15, 0.2) is 35.3 Å². The Morgan fingerprint density at radius 3 is 2.37 bits per heavy atom. The monoisotopic (exact) mass is 432 g/mol. The molecule has 0 spiro atoms. The summed E-state index contributed by atoms with van der Waals surface area (Å²) < 4.78 is 7.38. The van der Waals surface area contributed by atoms with Crippen molar-refractivity contribution in [2.75, 3.05) is 11.9 Å². The molecule has 1 aromatic carbocycles. The van der Waals surface area contributed by atoms with Crippen molar-refractivity contribution in [1.82, 2.24) is 0 Å². The van der Waals surface area contributed by atoms with E-state index < -0.39 is 0 Å². The van der Waals surface area contributed by atoms with E-state index in [0.717, 1.165) is 38.9 Å². The number of aryl methyl sites for hydroxylation is 3. The maximum Gasteiger partial charge on any atom is 0.265 e. The Balaban J connectivity index is 2.53. The van der Waals surface area contributed by atoms with Gasteiger partial charge in [-0.3, -0.25) is 4.79 Å². The second-order valence-electron chi connectivity index (χ2n) is 6.26. The topological polar surface area (TPSA) is 65.3 Å². The fourth-order valence-electron chi connectivity index (χ4n) is 3.02. The summed E-state index contributed by atoms with van der Waals surface area (Å²) in [4.78, 5) is 13.1. The number of anilines is 1. The number of rotatable bonds is 7. The van der Waals surface area contributed by atoms with E-state index in [-0.39, 0.29) is 18.1 Å². The zero-order valence-corrected chi connectivity index (χ0v) is 17.8. The van der Waals surface area contributed by atoms with E-state index in [9.17, 15) is 10.0 Å². The van der Waals surface area contributed by atoms with E-state index in [1.54, 1.807) is 26.0 Å². The number of nitrogens with zero attached hydrogens (tertiary/aromatic N) is 1. The van der Waals surface area contributed by atoms with E-state index in [1.807, 2.05) is 26.0 Å². The van der Waals surface area contributed by atoms with Crippen molar-refractivity contribution in [3.05, 3.63) is 68.6 Å². The first-order chi connectivity index (χ1) is 12.8. The van der Waals surface area contributed by atoms with Gasteiger partial charge in [0.1, 0.15) is 17.9 Å². The average molecular weight is 433 g/mol. The number of amides is 1. The lowest BCUT2D eigenvalue weighted by Gasteiger charge is -2.18. The average Bonchev–Trinajstić information content (AvgIpc) is 2.65. The highest BCUT2D eigenvalue weighted by atomic mass is 79.9. The van der Waals surface area contributed by atoms with Crippen molar-refractivity contribution < 1.29 is 14.3 Å². The zero-order valence-electron chi connectivity index (χ0n) is 16.2. The number of carbonyl (C=O) groups is 1. The number of ether oxygens (including phenoxy) is 1. The minimum absolute atomic E-state index is 0.240. The lowest BCUT2D eigenvalue weighted by molar-refractivity contribution is -0.619. The Labute approximate surface area is 168 Å². The van der Waals surface area contributed by atoms with Crippen LogP contribution in [0.2, 0.25) is 0 Å². The van der Waals surface area contributed by atoms with Gasteiger partial charge in [0.05, 0.1) is 0 Å². The third-order valence-electron chi connectivity index (χ3n) is 4.42. The highest BCUT2D eigenvalue weighted by Crippen LogP contribution is 2.29. The van der Waals surface area contributed by atoms with E-state index in [4.69, 9.17) is 4.74 Å². The van der Waals surface area contributed by atoms with Crippen molar-refractivity contribution in [1.29, 1.82) is 0 Å². The Kier molecular flexibility index (Phi) is 7.02. The first-order valence-corrected chi connectivity index (χ1v) is 9.73. The number of carbonyl (C=O) groups excluding carboxylic acids is 1. The maximum atomic E-state index is 13.1. The van der Waals surface area contributed by atoms with Gasteiger partial charge in [-0.05, 0) is 36.1 Å². The summed E-state index contributed by atoms with van der Waals surface area (Å²) in [6.45, 7) is 11.3. The Bertz CT molecular complexity index is 853. The van der Waals surface area contributed by atoms with Crippen LogP contribution in [0.25, 0.3) is 0 Å². The highest BCUT2D eigenvalue weighted by molar-refractivity contribution is 9.10. The molecule has 27 heavy (non-hydrogen) atoms. The van der Waals surface area contributed by atoms with Gasteiger partial charge in [0, 0.05) is 30.1 Å². The Morgan fingerprint density at radius 2 is 1.85 bits per heavy atom. The molecule has 0 unspecified atom stereocenters. The minimum atomic E-state index is -0.358. The lowest BCUT2D eigenvalue weighted by atomic mass is 10.0. The molecule has 1 amide bonds. The van der Waals surface area contributed by atoms with Gasteiger partial charge in [-0.15, -0.1) is 0 Å². The standard InChI is InChI=1S/C21H25BrN2O3/c1-6-9-27-18-10-13(4)24(26)14(5)19(18)21(25)23-20-15(7-2)11-17(22)12-16(20)8-3/h6,10-12H,1,7-9H2,2-5H3,(H,23,25). The van der Waals surface area contributed by atoms with Crippen molar-refractivity contribution in [3.8, 4) is 5.75 Å². The molecule has 2 rings (SSSR count). The second-order valence-corrected chi connectivity index (χ2v) is 7.18. The summed E-state index contributed by atoms with van der Waals surface area (Å²) in [5.41, 5.74) is 3.87. The molecule has 0 atom stereocenters. The molecule has 2 aromatic rings. The van der Waals surface area contributed by atoms with Crippen LogP contribution < -0.4 is 14.8 Å². The summed E-state index contributed by atoms with van der Waals surface area (Å²) >= 11 is 3.52. The maximum absolute atomic E-state index is 13.1. The fraction of sp³-hybridized carbons (Fsp3) is 0.333. The summed E-state index contributed by atoms with van der Waals surface area (Å²) in [5, 5.41) is 15.3. The van der Waals surface area contributed by atoms with E-state index >= 15 is 0 Å². The lowest BCUT2D eigenvalue weighted by Crippen LogP contribution is -2.37. The van der Waals surface area contributed by atoms with E-state index in [0.29, 0.717) is 17.1 Å². The molecule has 6 heteroatoms. The van der Waals surface area contributed by atoms with Crippen LogP contribution in [0.4, 0.5) is 5.69 Å². The summed E-state index contributed by atoms with van der Waals surface area (Å²) in [6, 6.07) is 5.58. The molecule has 1 aromatic heterocycles. The minimum Gasteiger partial charge on any atom is -0.618 e. The molecule has 0 radical (unpaired) electrons. The van der Waals surface area contributed by atoms with Gasteiger partial charge < -0.3 is 15.3 Å². The van der Waals surface area contributed by atoms with Crippen LogP contribution in [0.3, 0.4) is 0 Å². The second kappa shape index (κ2) is 9.04. The van der Waals surface area contributed by atoms with Crippen molar-refractivity contribution >= 4 is 27.5 Å². The number of hydrogen-bond acceptors (Lipinski definition) is 3. The molecule has 0 saturated heterocycles. The number of benzene rings is 1. The SMILES string of the molecule is C=CCOc1cc(C)[n+]([O-])c(C)c1C(=O)Nc1c(CC)cc(Br)cc1CC. The molecule has 1 N–H and O–H groups in total. The molecule has 1 heterocycles. The predicted octanol–water partition coefficient (Wildman–Crippen LogP) is 4.64. The van der Waals surface area contributed by atoms with Gasteiger partial charge in [-0.25, -0.2) is 0 Å². The fourth-order valence-corrected chi connectivity index (χ4v) is 3.58. The van der Waals surface area contributed by atoms with Gasteiger partial charge in [0.2, 0.25) is 5.69 Å². The van der Waals surface area contributed by atoms with Crippen molar-refractivity contribution in [3.63, 3.8) is 0 Å². The zero-order chi connectivity index (χ0) is 20.1. The van der Waals surface area contributed by atoms with E-state index in [2.05, 4.69) is 27.8 Å². The van der Waals surface area contributed by atoms with Gasteiger partial charge in [0.25, 0.3) is 5.91 Å². The summed E-state index contributed by atoms with van der Waals surface area (Å²) in [5.74, 6) is 0.0191. The van der Waals surface area contributed by atoms with Gasteiger partial charge in [-0.1, -0.05) is 42.4 Å². The third kappa shape index (κ3) is 4.50. The molecule has 144 valence electrons. The van der Waals surface area contributed by atoms with Crippen molar-refractivity contribution in [2.24, 2.45) is 0 Å². The number of aromatic nitrogens is 1. The molecule has 0 bridgehead atoms. The van der Waals surface area contributed by atoms with Crippen LogP contribution in [0, 0.1) is 19.1 Å². The van der Waals surface area contributed by atoms with Crippen LogP contribution >= 0.6 is 15.9 Å².